The molecule has 0 bridgehead atoms. The average molecular weight is 297 g/mol. The molecule has 1 saturated carbocycles. The van der Waals surface area contributed by atoms with Gasteiger partial charge in [0.1, 0.15) is 5.54 Å². The fourth-order valence-corrected chi connectivity index (χ4v) is 3.70. The Labute approximate surface area is 128 Å². The van der Waals surface area contributed by atoms with Crippen LogP contribution in [0.5, 0.6) is 0 Å². The van der Waals surface area contributed by atoms with Crippen LogP contribution in [0, 0.1) is 5.92 Å². The molecule has 2 unspecified atom stereocenters. The minimum Gasteiger partial charge on any atom is -0.465 e. The van der Waals surface area contributed by atoms with Gasteiger partial charge >= 0.3 is 5.97 Å². The summed E-state index contributed by atoms with van der Waals surface area (Å²) < 4.78 is 5.20. The van der Waals surface area contributed by atoms with E-state index in [-0.39, 0.29) is 11.9 Å². The molecule has 0 aromatic carbocycles. The largest absolute Gasteiger partial charge is 0.465 e. The van der Waals surface area contributed by atoms with E-state index in [1.807, 2.05) is 6.92 Å². The maximum atomic E-state index is 12.2. The number of carbonyl (C=O) groups is 1. The van der Waals surface area contributed by atoms with Crippen LogP contribution in [0.4, 0.5) is 0 Å². The van der Waals surface area contributed by atoms with E-state index in [9.17, 15) is 4.79 Å². The van der Waals surface area contributed by atoms with Gasteiger partial charge in [-0.3, -0.25) is 4.79 Å². The Morgan fingerprint density at radius 2 is 2.10 bits per heavy atom. The van der Waals surface area contributed by atoms with Crippen LogP contribution in [-0.4, -0.2) is 67.7 Å². The molecule has 5 heteroatoms. The highest BCUT2D eigenvalue weighted by atomic mass is 16.5. The molecule has 2 atom stereocenters. The Kier molecular flexibility index (Phi) is 6.02. The molecule has 2 N–H and O–H groups in total. The lowest BCUT2D eigenvalue weighted by Crippen LogP contribution is -2.52. The van der Waals surface area contributed by atoms with Crippen LogP contribution in [0.15, 0.2) is 0 Å². The van der Waals surface area contributed by atoms with Gasteiger partial charge in [0.2, 0.25) is 0 Å². The third-order valence-corrected chi connectivity index (χ3v) is 5.13. The van der Waals surface area contributed by atoms with Crippen LogP contribution in [-0.2, 0) is 9.53 Å². The van der Waals surface area contributed by atoms with Crippen LogP contribution >= 0.6 is 0 Å². The molecule has 122 valence electrons. The van der Waals surface area contributed by atoms with Gasteiger partial charge in [-0.2, -0.15) is 0 Å². The lowest BCUT2D eigenvalue weighted by molar-refractivity contribution is -0.151. The van der Waals surface area contributed by atoms with Crippen molar-refractivity contribution < 1.29 is 9.53 Å². The highest BCUT2D eigenvalue weighted by Crippen LogP contribution is 2.37. The molecule has 1 heterocycles. The van der Waals surface area contributed by atoms with Crippen molar-refractivity contribution >= 4 is 5.97 Å². The first-order valence-corrected chi connectivity index (χ1v) is 8.43. The predicted molar refractivity (Wildman–Crippen MR) is 84.1 cm³/mol. The lowest BCUT2D eigenvalue weighted by Gasteiger charge is -2.31. The monoisotopic (exact) mass is 297 g/mol. The summed E-state index contributed by atoms with van der Waals surface area (Å²) in [7, 11) is 2.19. The number of carbonyl (C=O) groups excluding carboxylic acids is 1. The van der Waals surface area contributed by atoms with Crippen LogP contribution in [0.25, 0.3) is 0 Å². The van der Waals surface area contributed by atoms with Gasteiger partial charge in [-0.25, -0.2) is 0 Å². The molecule has 0 aromatic rings. The van der Waals surface area contributed by atoms with Crippen molar-refractivity contribution in [3.63, 3.8) is 0 Å². The second-order valence-corrected chi connectivity index (χ2v) is 6.64. The van der Waals surface area contributed by atoms with Crippen LogP contribution in [0.2, 0.25) is 0 Å². The topological polar surface area (TPSA) is 58.8 Å². The molecule has 2 rings (SSSR count). The number of ether oxygens (including phenoxy) is 1. The molecule has 2 aliphatic rings. The normalized spacial score (nSPS) is 32.0. The molecule has 1 saturated heterocycles. The number of nitrogens with zero attached hydrogens (tertiary/aromatic N) is 2. The van der Waals surface area contributed by atoms with Gasteiger partial charge in [0, 0.05) is 13.1 Å². The van der Waals surface area contributed by atoms with E-state index in [1.165, 1.54) is 13.0 Å². The molecule has 2 fully saturated rings. The van der Waals surface area contributed by atoms with Gasteiger partial charge in [0.15, 0.2) is 0 Å². The maximum Gasteiger partial charge on any atom is 0.326 e. The van der Waals surface area contributed by atoms with Gasteiger partial charge in [0.25, 0.3) is 0 Å². The zero-order chi connectivity index (χ0) is 15.3. The molecule has 21 heavy (non-hydrogen) atoms. The number of hydrogen-bond donors (Lipinski definition) is 1. The van der Waals surface area contributed by atoms with Gasteiger partial charge < -0.3 is 20.3 Å². The van der Waals surface area contributed by atoms with Gasteiger partial charge in [-0.1, -0.05) is 6.42 Å². The molecule has 1 aliphatic heterocycles. The molecule has 0 aromatic heterocycles. The standard InChI is InChI=1S/C16H31N3O2/c1-3-21-15(20)16(17)8-4-6-14(16)7-11-19-10-5-9-18(2)12-13-19/h14H,3-13,17H2,1-2H3. The summed E-state index contributed by atoms with van der Waals surface area (Å²) >= 11 is 0. The lowest BCUT2D eigenvalue weighted by atomic mass is 9.85. The molecule has 5 nitrogen and oxygen atoms in total. The van der Waals surface area contributed by atoms with Crippen LogP contribution in [0.1, 0.15) is 39.0 Å². The van der Waals surface area contributed by atoms with Crippen molar-refractivity contribution in [3.8, 4) is 0 Å². The van der Waals surface area contributed by atoms with E-state index in [0.29, 0.717) is 6.61 Å². The summed E-state index contributed by atoms with van der Waals surface area (Å²) in [6.07, 6.45) is 5.12. The third-order valence-electron chi connectivity index (χ3n) is 5.13. The second-order valence-electron chi connectivity index (χ2n) is 6.64. The summed E-state index contributed by atoms with van der Waals surface area (Å²) in [4.78, 5) is 17.1. The average Bonchev–Trinajstić information content (AvgIpc) is 2.71. The molecular weight excluding hydrogens is 266 g/mol. The summed E-state index contributed by atoms with van der Waals surface area (Å²) in [5.41, 5.74) is 5.66. The fraction of sp³-hybridized carbons (Fsp3) is 0.938. The molecule has 0 spiro atoms. The SMILES string of the molecule is CCOC(=O)C1(N)CCCC1CCN1CCCN(C)CC1. The van der Waals surface area contributed by atoms with Crippen LogP contribution in [0.3, 0.4) is 0 Å². The maximum absolute atomic E-state index is 12.2. The Bertz CT molecular complexity index is 350. The van der Waals surface area contributed by atoms with E-state index in [0.717, 1.165) is 51.9 Å². The zero-order valence-electron chi connectivity index (χ0n) is 13.6. The smallest absolute Gasteiger partial charge is 0.326 e. The predicted octanol–water partition coefficient (Wildman–Crippen LogP) is 1.07. The Balaban J connectivity index is 1.85. The molecular formula is C16H31N3O2. The summed E-state index contributed by atoms with van der Waals surface area (Å²) in [5.74, 6) is 0.0839. The van der Waals surface area contributed by atoms with E-state index >= 15 is 0 Å². The van der Waals surface area contributed by atoms with E-state index in [4.69, 9.17) is 10.5 Å². The van der Waals surface area contributed by atoms with Crippen molar-refractivity contribution in [2.24, 2.45) is 11.7 Å². The first-order valence-electron chi connectivity index (χ1n) is 8.43. The number of rotatable bonds is 5. The summed E-state index contributed by atoms with van der Waals surface area (Å²) in [6, 6.07) is 0. The highest BCUT2D eigenvalue weighted by Gasteiger charge is 2.46. The minimum atomic E-state index is -0.737. The fourth-order valence-electron chi connectivity index (χ4n) is 3.70. The van der Waals surface area contributed by atoms with Gasteiger partial charge in [-0.15, -0.1) is 0 Å². The summed E-state index contributed by atoms with van der Waals surface area (Å²) in [6.45, 7) is 7.92. The van der Waals surface area contributed by atoms with Crippen molar-refractivity contribution in [1.82, 2.24) is 9.80 Å². The van der Waals surface area contributed by atoms with E-state index in [2.05, 4.69) is 16.8 Å². The Morgan fingerprint density at radius 1 is 1.29 bits per heavy atom. The number of hydrogen-bond acceptors (Lipinski definition) is 5. The van der Waals surface area contributed by atoms with Crippen LogP contribution < -0.4 is 5.73 Å². The first-order chi connectivity index (χ1) is 10.1. The van der Waals surface area contributed by atoms with Crippen molar-refractivity contribution in [2.45, 2.75) is 44.6 Å². The van der Waals surface area contributed by atoms with Gasteiger partial charge in [0.05, 0.1) is 6.61 Å². The number of esters is 1. The van der Waals surface area contributed by atoms with Crippen molar-refractivity contribution in [1.29, 1.82) is 0 Å². The zero-order valence-corrected chi connectivity index (χ0v) is 13.6. The Morgan fingerprint density at radius 3 is 2.86 bits per heavy atom. The van der Waals surface area contributed by atoms with E-state index in [1.54, 1.807) is 0 Å². The quantitative estimate of drug-likeness (QED) is 0.769. The third kappa shape index (κ3) is 4.18. The number of nitrogens with two attached hydrogens (primary N) is 1. The number of likely N-dealkylation sites (N-methyl/N-ethyl adjacent to an activating group) is 1. The van der Waals surface area contributed by atoms with Gasteiger partial charge in [-0.05, 0) is 65.2 Å². The Hall–Kier alpha value is -0.650. The molecule has 1 aliphatic carbocycles. The van der Waals surface area contributed by atoms with E-state index < -0.39 is 5.54 Å². The second kappa shape index (κ2) is 7.56. The minimum absolute atomic E-state index is 0.192. The van der Waals surface area contributed by atoms with Crippen molar-refractivity contribution in [3.05, 3.63) is 0 Å². The highest BCUT2D eigenvalue weighted by molar-refractivity contribution is 5.81. The summed E-state index contributed by atoms with van der Waals surface area (Å²) in [5, 5.41) is 0. The molecule has 0 amide bonds. The van der Waals surface area contributed by atoms with Crippen molar-refractivity contribution in [2.75, 3.05) is 46.4 Å². The first kappa shape index (κ1) is 16.7. The molecule has 0 radical (unpaired) electrons.